The minimum absolute atomic E-state index is 0.419. The maximum absolute atomic E-state index is 9.20. The lowest BCUT2D eigenvalue weighted by atomic mass is 9.69. The molecule has 0 amide bonds. The highest BCUT2D eigenvalue weighted by Gasteiger charge is 2.30. The van der Waals surface area contributed by atoms with Gasteiger partial charge in [-0.1, -0.05) is 12.2 Å². The molecule has 18 heavy (non-hydrogen) atoms. The van der Waals surface area contributed by atoms with Crippen LogP contribution in [0.4, 0.5) is 0 Å². The molecule has 2 aliphatic carbocycles. The molecule has 0 aromatic carbocycles. The number of hydrogen-bond acceptors (Lipinski definition) is 1. The molecular formula is C17H30O. The molecule has 0 radical (unpaired) electrons. The van der Waals surface area contributed by atoms with Crippen LogP contribution in [0.1, 0.15) is 64.7 Å². The second kappa shape index (κ2) is 7.33. The summed E-state index contributed by atoms with van der Waals surface area (Å²) in [6.07, 6.45) is 17.0. The molecule has 0 saturated heterocycles. The van der Waals surface area contributed by atoms with E-state index in [4.69, 9.17) is 0 Å². The Bertz CT molecular complexity index is 242. The van der Waals surface area contributed by atoms with Crippen molar-refractivity contribution < 1.29 is 5.11 Å². The molecule has 1 nitrogen and oxygen atoms in total. The van der Waals surface area contributed by atoms with Crippen LogP contribution in [0.2, 0.25) is 0 Å². The molecule has 0 aromatic rings. The summed E-state index contributed by atoms with van der Waals surface area (Å²) >= 11 is 0. The third-order valence-corrected chi connectivity index (χ3v) is 5.41. The Labute approximate surface area is 113 Å². The zero-order chi connectivity index (χ0) is 12.8. The van der Waals surface area contributed by atoms with Gasteiger partial charge in [0.1, 0.15) is 0 Å². The van der Waals surface area contributed by atoms with Gasteiger partial charge in [0.2, 0.25) is 0 Å². The van der Waals surface area contributed by atoms with Crippen LogP contribution >= 0.6 is 0 Å². The van der Waals surface area contributed by atoms with Crippen LogP contribution in [0.25, 0.3) is 0 Å². The Morgan fingerprint density at radius 2 is 1.33 bits per heavy atom. The SMILES string of the molecule is C/C=C/CC1CCC(C2CCC(CO)CC2)CC1. The molecule has 1 heteroatoms. The van der Waals surface area contributed by atoms with Crippen molar-refractivity contribution in [3.05, 3.63) is 12.2 Å². The van der Waals surface area contributed by atoms with Gasteiger partial charge in [-0.2, -0.15) is 0 Å². The zero-order valence-electron chi connectivity index (χ0n) is 12.0. The van der Waals surface area contributed by atoms with E-state index in [2.05, 4.69) is 19.1 Å². The van der Waals surface area contributed by atoms with Crippen molar-refractivity contribution in [1.29, 1.82) is 0 Å². The number of rotatable bonds is 4. The van der Waals surface area contributed by atoms with Gasteiger partial charge in [0.25, 0.3) is 0 Å². The summed E-state index contributed by atoms with van der Waals surface area (Å²) < 4.78 is 0. The normalized spacial score (nSPS) is 38.1. The first-order valence-electron chi connectivity index (χ1n) is 8.05. The first-order valence-corrected chi connectivity index (χ1v) is 8.05. The summed E-state index contributed by atoms with van der Waals surface area (Å²) in [7, 11) is 0. The maximum Gasteiger partial charge on any atom is 0.0459 e. The lowest BCUT2D eigenvalue weighted by molar-refractivity contribution is 0.117. The molecule has 1 N–H and O–H groups in total. The number of hydrogen-bond donors (Lipinski definition) is 1. The van der Waals surface area contributed by atoms with E-state index in [-0.39, 0.29) is 0 Å². The zero-order valence-corrected chi connectivity index (χ0v) is 12.0. The molecule has 0 heterocycles. The Kier molecular flexibility index (Phi) is 5.75. The van der Waals surface area contributed by atoms with Gasteiger partial charge in [0.05, 0.1) is 0 Å². The van der Waals surface area contributed by atoms with Crippen molar-refractivity contribution in [2.45, 2.75) is 64.7 Å². The van der Waals surface area contributed by atoms with Crippen LogP contribution in [-0.2, 0) is 0 Å². The number of allylic oxidation sites excluding steroid dienone is 2. The number of aliphatic hydroxyl groups excluding tert-OH is 1. The second-order valence-corrected chi connectivity index (χ2v) is 6.55. The Hall–Kier alpha value is -0.300. The van der Waals surface area contributed by atoms with E-state index in [9.17, 15) is 5.11 Å². The lowest BCUT2D eigenvalue weighted by Gasteiger charge is -2.37. The van der Waals surface area contributed by atoms with Gasteiger partial charge in [-0.3, -0.25) is 0 Å². The fourth-order valence-corrected chi connectivity index (χ4v) is 4.07. The average molecular weight is 250 g/mol. The average Bonchev–Trinajstić information content (AvgIpc) is 2.46. The Morgan fingerprint density at radius 1 is 0.833 bits per heavy atom. The molecule has 0 aromatic heterocycles. The predicted molar refractivity (Wildman–Crippen MR) is 77.4 cm³/mol. The van der Waals surface area contributed by atoms with Gasteiger partial charge >= 0.3 is 0 Å². The predicted octanol–water partition coefficient (Wildman–Crippen LogP) is 4.56. The summed E-state index contributed by atoms with van der Waals surface area (Å²) in [6, 6.07) is 0. The van der Waals surface area contributed by atoms with E-state index in [1.54, 1.807) is 0 Å². The largest absolute Gasteiger partial charge is 0.396 e. The molecule has 2 rings (SSSR count). The summed E-state index contributed by atoms with van der Waals surface area (Å²) in [5.74, 6) is 3.57. The third kappa shape index (κ3) is 3.85. The summed E-state index contributed by atoms with van der Waals surface area (Å²) in [4.78, 5) is 0. The van der Waals surface area contributed by atoms with Crippen molar-refractivity contribution in [2.24, 2.45) is 23.7 Å². The van der Waals surface area contributed by atoms with E-state index in [0.29, 0.717) is 12.5 Å². The van der Waals surface area contributed by atoms with Crippen LogP contribution in [0.15, 0.2) is 12.2 Å². The number of aliphatic hydroxyl groups is 1. The van der Waals surface area contributed by atoms with Gasteiger partial charge in [0, 0.05) is 6.61 Å². The van der Waals surface area contributed by atoms with Crippen molar-refractivity contribution in [3.63, 3.8) is 0 Å². The van der Waals surface area contributed by atoms with Crippen LogP contribution in [0.3, 0.4) is 0 Å². The summed E-state index contributed by atoms with van der Waals surface area (Å²) in [5.41, 5.74) is 0. The van der Waals surface area contributed by atoms with Crippen LogP contribution < -0.4 is 0 Å². The van der Waals surface area contributed by atoms with Crippen LogP contribution in [0, 0.1) is 23.7 Å². The van der Waals surface area contributed by atoms with Gasteiger partial charge < -0.3 is 5.11 Å². The van der Waals surface area contributed by atoms with E-state index in [1.165, 1.54) is 57.8 Å². The van der Waals surface area contributed by atoms with Crippen molar-refractivity contribution >= 4 is 0 Å². The van der Waals surface area contributed by atoms with E-state index in [1.807, 2.05) is 0 Å². The van der Waals surface area contributed by atoms with E-state index >= 15 is 0 Å². The molecule has 104 valence electrons. The van der Waals surface area contributed by atoms with Gasteiger partial charge in [-0.25, -0.2) is 0 Å². The quantitative estimate of drug-likeness (QED) is 0.725. The van der Waals surface area contributed by atoms with Gasteiger partial charge in [-0.15, -0.1) is 0 Å². The van der Waals surface area contributed by atoms with Crippen LogP contribution in [0.5, 0.6) is 0 Å². The van der Waals surface area contributed by atoms with Crippen molar-refractivity contribution in [1.82, 2.24) is 0 Å². The summed E-state index contributed by atoms with van der Waals surface area (Å²) in [5, 5.41) is 9.20. The Balaban J connectivity index is 1.70. The van der Waals surface area contributed by atoms with E-state index in [0.717, 1.165) is 17.8 Å². The smallest absolute Gasteiger partial charge is 0.0459 e. The first kappa shape index (κ1) is 14.1. The highest BCUT2D eigenvalue weighted by atomic mass is 16.3. The standard InChI is InChI=1S/C17H30O/c1-2-3-4-14-5-9-16(10-6-14)17-11-7-15(13-18)8-12-17/h2-3,14-18H,4-13H2,1H3/b3-2+. The molecule has 0 bridgehead atoms. The van der Waals surface area contributed by atoms with Crippen LogP contribution in [-0.4, -0.2) is 11.7 Å². The second-order valence-electron chi connectivity index (χ2n) is 6.55. The lowest BCUT2D eigenvalue weighted by Crippen LogP contribution is -2.26. The van der Waals surface area contributed by atoms with Gasteiger partial charge in [0.15, 0.2) is 0 Å². The van der Waals surface area contributed by atoms with Gasteiger partial charge in [-0.05, 0) is 88.4 Å². The molecule has 2 aliphatic rings. The molecule has 0 unspecified atom stereocenters. The summed E-state index contributed by atoms with van der Waals surface area (Å²) in [6.45, 7) is 2.55. The molecule has 0 spiro atoms. The third-order valence-electron chi connectivity index (χ3n) is 5.41. The Morgan fingerprint density at radius 3 is 1.78 bits per heavy atom. The van der Waals surface area contributed by atoms with Crippen molar-refractivity contribution in [2.75, 3.05) is 6.61 Å². The first-order chi connectivity index (χ1) is 8.83. The molecule has 0 aliphatic heterocycles. The monoisotopic (exact) mass is 250 g/mol. The maximum atomic E-state index is 9.20. The van der Waals surface area contributed by atoms with Crippen molar-refractivity contribution in [3.8, 4) is 0 Å². The van der Waals surface area contributed by atoms with E-state index < -0.39 is 0 Å². The fraction of sp³-hybridized carbons (Fsp3) is 0.882. The molecule has 2 saturated carbocycles. The topological polar surface area (TPSA) is 20.2 Å². The minimum atomic E-state index is 0.419. The highest BCUT2D eigenvalue weighted by molar-refractivity contribution is 4.86. The fourth-order valence-electron chi connectivity index (χ4n) is 4.07. The molecule has 0 atom stereocenters. The molecule has 2 fully saturated rings. The highest BCUT2D eigenvalue weighted by Crippen LogP contribution is 2.41. The molecular weight excluding hydrogens is 220 g/mol. The minimum Gasteiger partial charge on any atom is -0.396 e.